The Morgan fingerprint density at radius 1 is 0.789 bits per heavy atom. The first-order valence-corrected chi connectivity index (χ1v) is 4.88. The van der Waals surface area contributed by atoms with Crippen molar-refractivity contribution in [2.75, 3.05) is 0 Å². The summed E-state index contributed by atoms with van der Waals surface area (Å²) in [6.07, 6.45) is -11.9. The molecule has 0 fully saturated rings. The zero-order chi connectivity index (χ0) is 15.5. The van der Waals surface area contributed by atoms with E-state index in [0.717, 1.165) is 0 Å². The van der Waals surface area contributed by atoms with E-state index in [-0.39, 0.29) is 0 Å². The van der Waals surface area contributed by atoms with Crippen LogP contribution in [0.25, 0.3) is 0 Å². The van der Waals surface area contributed by atoms with Crippen molar-refractivity contribution in [1.29, 1.82) is 0 Å². The van der Waals surface area contributed by atoms with E-state index in [2.05, 4.69) is 13.2 Å². The summed E-state index contributed by atoms with van der Waals surface area (Å²) in [5.41, 5.74) is -3.28. The van der Waals surface area contributed by atoms with Crippen LogP contribution in [0.2, 0.25) is 0 Å². The van der Waals surface area contributed by atoms with E-state index in [1.807, 2.05) is 0 Å². The van der Waals surface area contributed by atoms with Crippen LogP contribution in [0.1, 0.15) is 12.8 Å². The van der Waals surface area contributed by atoms with Gasteiger partial charge in [-0.2, -0.15) is 26.3 Å². The summed E-state index contributed by atoms with van der Waals surface area (Å²) in [5.74, 6) is -5.50. The van der Waals surface area contributed by atoms with Crippen LogP contribution in [-0.2, 0) is 9.59 Å². The zero-order valence-electron chi connectivity index (χ0n) is 9.57. The van der Waals surface area contributed by atoms with Crippen LogP contribution in [0, 0.1) is 5.41 Å². The molecule has 0 saturated carbocycles. The first kappa shape index (κ1) is 17.4. The van der Waals surface area contributed by atoms with Crippen molar-refractivity contribution in [2.24, 2.45) is 5.41 Å². The normalized spacial score (nSPS) is 12.9. The number of halogens is 6. The molecular formula is C11H10F6O2. The fourth-order valence-electron chi connectivity index (χ4n) is 1.59. The Kier molecular flexibility index (Phi) is 5.11. The number of Topliss-reactive ketones (excluding diaryl/α,β-unsaturated/α-hetero) is 2. The molecule has 0 aliphatic heterocycles. The van der Waals surface area contributed by atoms with Crippen LogP contribution < -0.4 is 0 Å². The first-order valence-electron chi connectivity index (χ1n) is 4.88. The second kappa shape index (κ2) is 5.58. The lowest BCUT2D eigenvalue weighted by Crippen LogP contribution is -2.51. The molecule has 0 N–H and O–H groups in total. The molecule has 0 aromatic rings. The number of rotatable bonds is 6. The van der Waals surface area contributed by atoms with Crippen molar-refractivity contribution in [3.05, 3.63) is 25.3 Å². The molecule has 0 saturated heterocycles. The third kappa shape index (κ3) is 3.68. The third-order valence-corrected chi connectivity index (χ3v) is 2.37. The quantitative estimate of drug-likeness (QED) is 0.426. The molecule has 19 heavy (non-hydrogen) atoms. The van der Waals surface area contributed by atoms with Gasteiger partial charge in [0.2, 0.25) is 0 Å². The Morgan fingerprint density at radius 3 is 1.21 bits per heavy atom. The molecule has 0 aromatic heterocycles. The Morgan fingerprint density at radius 2 is 1.05 bits per heavy atom. The highest BCUT2D eigenvalue weighted by molar-refractivity contribution is 6.11. The topological polar surface area (TPSA) is 34.1 Å². The van der Waals surface area contributed by atoms with E-state index in [9.17, 15) is 35.9 Å². The monoisotopic (exact) mass is 288 g/mol. The summed E-state index contributed by atoms with van der Waals surface area (Å²) >= 11 is 0. The summed E-state index contributed by atoms with van der Waals surface area (Å²) in [6, 6.07) is 0. The maximum absolute atomic E-state index is 12.4. The molecule has 0 spiro atoms. The number of alkyl halides is 6. The molecule has 8 heteroatoms. The maximum atomic E-state index is 12.4. The number of carbonyl (C=O) groups excluding carboxylic acids is 2. The minimum atomic E-state index is -5.56. The molecule has 0 bridgehead atoms. The highest BCUT2D eigenvalue weighted by atomic mass is 19.4. The summed E-state index contributed by atoms with van der Waals surface area (Å²) in [6.45, 7) is 5.97. The molecule has 0 aliphatic rings. The molecule has 108 valence electrons. The van der Waals surface area contributed by atoms with Crippen molar-refractivity contribution in [1.82, 2.24) is 0 Å². The second-order valence-electron chi connectivity index (χ2n) is 3.72. The number of carbonyl (C=O) groups is 2. The number of ketones is 2. The minimum absolute atomic E-state index is 0.663. The smallest absolute Gasteiger partial charge is 0.288 e. The lowest BCUT2D eigenvalue weighted by molar-refractivity contribution is -0.198. The molecule has 0 aromatic carbocycles. The van der Waals surface area contributed by atoms with Gasteiger partial charge in [0.1, 0.15) is 5.41 Å². The van der Waals surface area contributed by atoms with Gasteiger partial charge in [0, 0.05) is 0 Å². The van der Waals surface area contributed by atoms with Crippen LogP contribution in [0.5, 0.6) is 0 Å². The third-order valence-electron chi connectivity index (χ3n) is 2.37. The van der Waals surface area contributed by atoms with Gasteiger partial charge in [-0.25, -0.2) is 0 Å². The lowest BCUT2D eigenvalue weighted by atomic mass is 9.73. The molecular weight excluding hydrogens is 278 g/mol. The Hall–Kier alpha value is -1.60. The fourth-order valence-corrected chi connectivity index (χ4v) is 1.59. The van der Waals surface area contributed by atoms with Gasteiger partial charge in [0.05, 0.1) is 0 Å². The summed E-state index contributed by atoms with van der Waals surface area (Å²) in [7, 11) is 0. The Balaban J connectivity index is 5.96. The van der Waals surface area contributed by atoms with Gasteiger partial charge in [-0.1, -0.05) is 12.2 Å². The summed E-state index contributed by atoms with van der Waals surface area (Å²) in [4.78, 5) is 22.4. The molecule has 0 unspecified atom stereocenters. The lowest BCUT2D eigenvalue weighted by Gasteiger charge is -2.30. The van der Waals surface area contributed by atoms with Crippen molar-refractivity contribution in [3.63, 3.8) is 0 Å². The molecule has 0 atom stereocenters. The highest BCUT2D eigenvalue weighted by Crippen LogP contribution is 2.41. The average Bonchev–Trinajstić information content (AvgIpc) is 2.24. The van der Waals surface area contributed by atoms with Gasteiger partial charge < -0.3 is 0 Å². The van der Waals surface area contributed by atoms with Crippen LogP contribution >= 0.6 is 0 Å². The zero-order valence-corrected chi connectivity index (χ0v) is 9.57. The van der Waals surface area contributed by atoms with Gasteiger partial charge in [-0.3, -0.25) is 9.59 Å². The van der Waals surface area contributed by atoms with E-state index in [1.165, 1.54) is 0 Å². The van der Waals surface area contributed by atoms with Gasteiger partial charge in [-0.05, 0) is 12.8 Å². The predicted molar refractivity (Wildman–Crippen MR) is 54.2 cm³/mol. The summed E-state index contributed by atoms with van der Waals surface area (Å²) in [5, 5.41) is 0. The molecule has 0 amide bonds. The standard InChI is InChI=1S/C11H10F6O2/c1-3-5-9(6-4-2,7(18)10(12,13)14)8(19)11(15,16)17/h3-4H,1-2,5-6H2. The largest absolute Gasteiger partial charge is 0.451 e. The molecule has 0 radical (unpaired) electrons. The van der Waals surface area contributed by atoms with Gasteiger partial charge in [0.15, 0.2) is 0 Å². The summed E-state index contributed by atoms with van der Waals surface area (Å²) < 4.78 is 74.4. The van der Waals surface area contributed by atoms with Crippen LogP contribution in [-0.4, -0.2) is 23.9 Å². The molecule has 0 heterocycles. The Bertz CT molecular complexity index is 353. The van der Waals surface area contributed by atoms with Crippen molar-refractivity contribution >= 4 is 11.6 Å². The van der Waals surface area contributed by atoms with E-state index in [0.29, 0.717) is 12.2 Å². The van der Waals surface area contributed by atoms with Gasteiger partial charge in [0.25, 0.3) is 11.6 Å². The van der Waals surface area contributed by atoms with E-state index in [1.54, 1.807) is 0 Å². The van der Waals surface area contributed by atoms with Crippen molar-refractivity contribution in [2.45, 2.75) is 25.2 Å². The van der Waals surface area contributed by atoms with Crippen LogP contribution in [0.15, 0.2) is 25.3 Å². The first-order chi connectivity index (χ1) is 8.43. The maximum Gasteiger partial charge on any atom is 0.451 e. The minimum Gasteiger partial charge on any atom is -0.288 e. The average molecular weight is 288 g/mol. The van der Waals surface area contributed by atoms with Gasteiger partial charge in [-0.15, -0.1) is 13.2 Å². The Labute approximate surface area is 104 Å². The van der Waals surface area contributed by atoms with Crippen molar-refractivity contribution in [3.8, 4) is 0 Å². The number of hydrogen-bond donors (Lipinski definition) is 0. The van der Waals surface area contributed by atoms with Crippen LogP contribution in [0.4, 0.5) is 26.3 Å². The second-order valence-corrected chi connectivity index (χ2v) is 3.72. The molecule has 0 aliphatic carbocycles. The van der Waals surface area contributed by atoms with E-state index < -0.39 is 42.2 Å². The van der Waals surface area contributed by atoms with E-state index >= 15 is 0 Å². The van der Waals surface area contributed by atoms with Gasteiger partial charge >= 0.3 is 12.4 Å². The highest BCUT2D eigenvalue weighted by Gasteiger charge is 2.62. The van der Waals surface area contributed by atoms with E-state index in [4.69, 9.17) is 0 Å². The van der Waals surface area contributed by atoms with Crippen LogP contribution in [0.3, 0.4) is 0 Å². The molecule has 2 nitrogen and oxygen atoms in total. The van der Waals surface area contributed by atoms with Crippen molar-refractivity contribution < 1.29 is 35.9 Å². The molecule has 0 rings (SSSR count). The number of allylic oxidation sites excluding steroid dienone is 2. The predicted octanol–water partition coefficient (Wildman–Crippen LogP) is 3.39. The fraction of sp³-hybridized carbons (Fsp3) is 0.455. The SMILES string of the molecule is C=CCC(CC=C)(C(=O)C(F)(F)F)C(=O)C(F)(F)F. The number of hydrogen-bond acceptors (Lipinski definition) is 2.